The lowest BCUT2D eigenvalue weighted by Crippen LogP contribution is -2.14. The van der Waals surface area contributed by atoms with Crippen molar-refractivity contribution < 1.29 is 18.9 Å². The molecule has 0 radical (unpaired) electrons. The average molecular weight is 806 g/mol. The first-order chi connectivity index (χ1) is 21.2. The molecule has 6 rings (SSSR count). The molecule has 4 nitrogen and oxygen atoms in total. The van der Waals surface area contributed by atoms with Crippen LogP contribution >= 0.6 is 45.2 Å². The minimum Gasteiger partial charge on any atom is -0.489 e. The fourth-order valence-corrected chi connectivity index (χ4v) is 7.74. The molecule has 0 aromatic heterocycles. The molecule has 1 aliphatic heterocycles. The average Bonchev–Trinajstić information content (AvgIpc) is 3.00. The molecule has 222 valence electrons. The molecule has 0 unspecified atom stereocenters. The Bertz CT molecular complexity index is 1830. The van der Waals surface area contributed by atoms with Gasteiger partial charge in [-0.3, -0.25) is 0 Å². The molecule has 0 aliphatic carbocycles. The Morgan fingerprint density at radius 3 is 1.68 bits per heavy atom. The van der Waals surface area contributed by atoms with Gasteiger partial charge in [0.05, 0.1) is 7.14 Å². The lowest BCUT2D eigenvalue weighted by Gasteiger charge is -2.31. The Kier molecular flexibility index (Phi) is 8.91. The summed E-state index contributed by atoms with van der Waals surface area (Å²) in [5.74, 6) is 4.11. The van der Waals surface area contributed by atoms with Gasteiger partial charge in [0.25, 0.3) is 0 Å². The molecule has 44 heavy (non-hydrogen) atoms. The van der Waals surface area contributed by atoms with Gasteiger partial charge >= 0.3 is 0 Å². The number of hydrogen-bond donors (Lipinski definition) is 0. The minimum absolute atomic E-state index is 0.0963. The summed E-state index contributed by atoms with van der Waals surface area (Å²) in [4.78, 5) is 0. The minimum atomic E-state index is -0.0963. The highest BCUT2D eigenvalue weighted by atomic mass is 127. The molecule has 0 N–H and O–H groups in total. The van der Waals surface area contributed by atoms with Crippen molar-refractivity contribution in [2.45, 2.75) is 19.8 Å². The largest absolute Gasteiger partial charge is 0.489 e. The van der Waals surface area contributed by atoms with Gasteiger partial charge in [0.2, 0.25) is 0 Å². The van der Waals surface area contributed by atoms with Gasteiger partial charge in [-0.05, 0) is 146 Å². The van der Waals surface area contributed by atoms with E-state index < -0.39 is 0 Å². The van der Waals surface area contributed by atoms with Crippen molar-refractivity contribution in [2.75, 3.05) is 19.8 Å². The molecular formula is C38H32I2O4. The van der Waals surface area contributed by atoms with Crippen LogP contribution in [0.5, 0.6) is 28.7 Å². The number of benzene rings is 5. The van der Waals surface area contributed by atoms with Crippen molar-refractivity contribution in [3.8, 4) is 28.7 Å². The highest BCUT2D eigenvalue weighted by molar-refractivity contribution is 14.1. The van der Waals surface area contributed by atoms with Crippen LogP contribution in [0.4, 0.5) is 0 Å². The summed E-state index contributed by atoms with van der Waals surface area (Å²) in [7, 11) is 0. The van der Waals surface area contributed by atoms with Crippen LogP contribution in [0.2, 0.25) is 0 Å². The van der Waals surface area contributed by atoms with Gasteiger partial charge in [-0.1, -0.05) is 50.1 Å². The highest BCUT2D eigenvalue weighted by Crippen LogP contribution is 2.53. The second-order valence-electron chi connectivity index (χ2n) is 11.2. The number of fused-ring (bicyclic) bond motifs is 6. The first kappa shape index (κ1) is 30.5. The third kappa shape index (κ3) is 6.06. The Morgan fingerprint density at radius 2 is 1.23 bits per heavy atom. The van der Waals surface area contributed by atoms with E-state index in [4.69, 9.17) is 18.9 Å². The predicted molar refractivity (Wildman–Crippen MR) is 197 cm³/mol. The first-order valence-electron chi connectivity index (χ1n) is 14.3. The normalized spacial score (nSPS) is 12.3. The maximum absolute atomic E-state index is 6.68. The Morgan fingerprint density at radius 1 is 0.727 bits per heavy atom. The van der Waals surface area contributed by atoms with Crippen LogP contribution in [0.15, 0.2) is 110 Å². The summed E-state index contributed by atoms with van der Waals surface area (Å²) in [5, 5.41) is 4.42. The molecule has 0 spiro atoms. The molecule has 0 fully saturated rings. The molecular weight excluding hydrogens is 774 g/mol. The van der Waals surface area contributed by atoms with E-state index in [1.165, 1.54) is 5.56 Å². The van der Waals surface area contributed by atoms with Gasteiger partial charge in [-0.15, -0.1) is 0 Å². The molecule has 0 amide bonds. The van der Waals surface area contributed by atoms with Gasteiger partial charge in [-0.25, -0.2) is 0 Å². The van der Waals surface area contributed by atoms with Crippen LogP contribution in [0.3, 0.4) is 0 Å². The molecule has 1 aliphatic rings. The maximum Gasteiger partial charge on any atom is 0.146 e. The summed E-state index contributed by atoms with van der Waals surface area (Å²) in [6, 6.07) is 25.4. The zero-order valence-corrected chi connectivity index (χ0v) is 29.0. The van der Waals surface area contributed by atoms with Gasteiger partial charge in [0.15, 0.2) is 0 Å². The fourth-order valence-electron chi connectivity index (χ4n) is 5.61. The Balaban J connectivity index is 1.57. The van der Waals surface area contributed by atoms with Crippen molar-refractivity contribution >= 4 is 66.7 Å². The van der Waals surface area contributed by atoms with Crippen LogP contribution in [0.25, 0.3) is 21.5 Å². The number of rotatable bonds is 10. The van der Waals surface area contributed by atoms with Crippen LogP contribution in [-0.2, 0) is 0 Å². The van der Waals surface area contributed by atoms with E-state index in [1.54, 1.807) is 6.08 Å². The Hall–Kier alpha value is -3.50. The number of halogens is 2. The number of hydrogen-bond acceptors (Lipinski definition) is 4. The van der Waals surface area contributed by atoms with Crippen LogP contribution in [0.1, 0.15) is 36.5 Å². The highest BCUT2D eigenvalue weighted by Gasteiger charge is 2.33. The Labute approximate surface area is 285 Å². The van der Waals surface area contributed by atoms with Gasteiger partial charge in [0, 0.05) is 17.0 Å². The van der Waals surface area contributed by atoms with E-state index in [0.717, 1.165) is 79.7 Å². The molecule has 0 saturated carbocycles. The summed E-state index contributed by atoms with van der Waals surface area (Å²) in [6.45, 7) is 17.1. The van der Waals surface area contributed by atoms with E-state index in [0.29, 0.717) is 19.8 Å². The van der Waals surface area contributed by atoms with E-state index in [1.807, 2.05) is 26.0 Å². The van der Waals surface area contributed by atoms with E-state index >= 15 is 0 Å². The topological polar surface area (TPSA) is 36.9 Å². The molecule has 0 atom stereocenters. The molecule has 0 bridgehead atoms. The van der Waals surface area contributed by atoms with Crippen molar-refractivity contribution in [3.05, 3.63) is 134 Å². The first-order valence-corrected chi connectivity index (χ1v) is 16.5. The second kappa shape index (κ2) is 12.9. The zero-order chi connectivity index (χ0) is 31.0. The summed E-state index contributed by atoms with van der Waals surface area (Å²) >= 11 is 4.76. The monoisotopic (exact) mass is 806 g/mol. The van der Waals surface area contributed by atoms with Gasteiger partial charge in [-0.2, -0.15) is 0 Å². The lowest BCUT2D eigenvalue weighted by molar-refractivity contribution is 0.353. The van der Waals surface area contributed by atoms with Crippen molar-refractivity contribution in [1.82, 2.24) is 0 Å². The summed E-state index contributed by atoms with van der Waals surface area (Å²) < 4.78 is 26.8. The molecule has 5 aromatic rings. The van der Waals surface area contributed by atoms with E-state index in [9.17, 15) is 0 Å². The molecule has 5 aromatic carbocycles. The summed E-state index contributed by atoms with van der Waals surface area (Å²) in [5.41, 5.74) is 5.38. The van der Waals surface area contributed by atoms with E-state index in [-0.39, 0.29) is 5.92 Å². The second-order valence-corrected chi connectivity index (χ2v) is 13.5. The lowest BCUT2D eigenvalue weighted by atomic mass is 9.78. The zero-order valence-electron chi connectivity index (χ0n) is 24.7. The maximum atomic E-state index is 6.68. The quantitative estimate of drug-likeness (QED) is 0.102. The van der Waals surface area contributed by atoms with E-state index in [2.05, 4.69) is 126 Å². The van der Waals surface area contributed by atoms with Crippen LogP contribution < -0.4 is 18.9 Å². The molecule has 0 saturated heterocycles. The third-order valence-corrected chi connectivity index (χ3v) is 9.06. The SMILES string of the molecule is C=CCOc1c(I)cc(C2c3c(ccc4cc(OCC(=C)C)ccc34)Oc3ccc4cc(OCC(=C)C)ccc4c32)cc1I. The summed E-state index contributed by atoms with van der Waals surface area (Å²) in [6.07, 6.45) is 1.77. The molecule has 1 heterocycles. The van der Waals surface area contributed by atoms with Crippen LogP contribution in [0, 0.1) is 7.14 Å². The third-order valence-electron chi connectivity index (χ3n) is 7.45. The van der Waals surface area contributed by atoms with Crippen molar-refractivity contribution in [2.24, 2.45) is 0 Å². The van der Waals surface area contributed by atoms with Gasteiger partial charge in [0.1, 0.15) is 48.6 Å². The number of ether oxygens (including phenoxy) is 4. The smallest absolute Gasteiger partial charge is 0.146 e. The van der Waals surface area contributed by atoms with Crippen molar-refractivity contribution in [1.29, 1.82) is 0 Å². The predicted octanol–water partition coefficient (Wildman–Crippen LogP) is 11.0. The fraction of sp³-hybridized carbons (Fsp3) is 0.158. The van der Waals surface area contributed by atoms with Crippen molar-refractivity contribution in [3.63, 3.8) is 0 Å². The van der Waals surface area contributed by atoms with Gasteiger partial charge < -0.3 is 18.9 Å². The standard InChI is InChI=1S/C38H32I2O4/c1-6-15-41-38-31(39)18-26(19-32(38)40)35-36-29-11-9-27(42-20-22(2)3)16-24(29)7-13-33(36)44-34-14-8-25-17-28(43-21-23(4)5)10-12-30(25)37(34)35/h6-14,16-19,35H,1-2,4,15,20-21H2,3,5H3. The van der Waals surface area contributed by atoms with Crippen LogP contribution in [-0.4, -0.2) is 19.8 Å². The molecule has 6 heteroatoms.